The molecule has 0 bridgehead atoms. The number of carbonyl (C=O) groups excluding carboxylic acids is 1. The quantitative estimate of drug-likeness (QED) is 0.374. The van der Waals surface area contributed by atoms with Crippen LogP contribution in [0.4, 0.5) is 5.69 Å². The van der Waals surface area contributed by atoms with Crippen molar-refractivity contribution >= 4 is 50.9 Å². The molecule has 0 atom stereocenters. The summed E-state index contributed by atoms with van der Waals surface area (Å²) in [4.78, 5) is 14.5. The minimum absolute atomic E-state index is 0.204. The molecule has 30 heavy (non-hydrogen) atoms. The number of para-hydroxylation sites is 1. The highest BCUT2D eigenvalue weighted by molar-refractivity contribution is 9.10. The Hall–Kier alpha value is -2.90. The summed E-state index contributed by atoms with van der Waals surface area (Å²) in [7, 11) is 0. The van der Waals surface area contributed by atoms with E-state index < -0.39 is 0 Å². The number of halogens is 1. The van der Waals surface area contributed by atoms with Crippen molar-refractivity contribution in [3.8, 4) is 5.75 Å². The number of thiocarbonyl (C=S) groups is 1. The van der Waals surface area contributed by atoms with Gasteiger partial charge < -0.3 is 14.5 Å². The van der Waals surface area contributed by atoms with Gasteiger partial charge in [-0.2, -0.15) is 0 Å². The van der Waals surface area contributed by atoms with Crippen molar-refractivity contribution in [3.05, 3.63) is 87.9 Å². The van der Waals surface area contributed by atoms with Gasteiger partial charge in [0.05, 0.1) is 5.69 Å². The second-order valence-electron chi connectivity index (χ2n) is 6.66. The monoisotopic (exact) mass is 482 g/mol. The summed E-state index contributed by atoms with van der Waals surface area (Å²) in [5, 5.41) is 3.36. The summed E-state index contributed by atoms with van der Waals surface area (Å²) < 4.78 is 12.5. The molecular formula is C23H19BrN2O3S. The number of nitrogens with one attached hydrogen (secondary N) is 1. The van der Waals surface area contributed by atoms with Crippen LogP contribution in [0.2, 0.25) is 0 Å². The van der Waals surface area contributed by atoms with Gasteiger partial charge in [0.2, 0.25) is 0 Å². The third-order valence-electron chi connectivity index (χ3n) is 4.66. The molecule has 1 aliphatic rings. The molecular weight excluding hydrogens is 464 g/mol. The van der Waals surface area contributed by atoms with Crippen LogP contribution < -0.4 is 15.0 Å². The average molecular weight is 483 g/mol. The van der Waals surface area contributed by atoms with E-state index in [2.05, 4.69) is 21.2 Å². The number of ether oxygens (including phenoxy) is 1. The maximum atomic E-state index is 13.0. The average Bonchev–Trinajstić information content (AvgIpc) is 3.31. The number of carbonyl (C=O) groups is 1. The predicted octanol–water partition coefficient (Wildman–Crippen LogP) is 5.45. The predicted molar refractivity (Wildman–Crippen MR) is 124 cm³/mol. The van der Waals surface area contributed by atoms with Crippen molar-refractivity contribution in [2.75, 3.05) is 4.90 Å². The third kappa shape index (κ3) is 4.32. The molecule has 2 heterocycles. The molecule has 152 valence electrons. The molecule has 1 N–H and O–H groups in total. The molecule has 3 aromatic rings. The number of hydrogen-bond donors (Lipinski definition) is 1. The molecule has 1 saturated heterocycles. The lowest BCUT2D eigenvalue weighted by atomic mass is 10.1. The number of nitrogens with zero attached hydrogens (tertiary/aromatic N) is 1. The molecule has 1 amide bonds. The van der Waals surface area contributed by atoms with Gasteiger partial charge in [-0.05, 0) is 66.7 Å². The first-order chi connectivity index (χ1) is 14.5. The van der Waals surface area contributed by atoms with Gasteiger partial charge in [0.15, 0.2) is 5.11 Å². The highest BCUT2D eigenvalue weighted by Crippen LogP contribution is 2.27. The normalized spacial score (nSPS) is 15.0. The van der Waals surface area contributed by atoms with E-state index in [4.69, 9.17) is 21.4 Å². The van der Waals surface area contributed by atoms with E-state index in [1.165, 1.54) is 4.90 Å². The van der Waals surface area contributed by atoms with Crippen molar-refractivity contribution in [1.29, 1.82) is 0 Å². The number of anilines is 1. The van der Waals surface area contributed by atoms with Crippen LogP contribution in [0.15, 0.2) is 75.3 Å². The van der Waals surface area contributed by atoms with Crippen LogP contribution >= 0.6 is 28.1 Å². The van der Waals surface area contributed by atoms with Gasteiger partial charge in [0.25, 0.3) is 5.91 Å². The summed E-state index contributed by atoms with van der Waals surface area (Å²) in [6, 6.07) is 19.0. The van der Waals surface area contributed by atoms with Gasteiger partial charge in [-0.25, -0.2) is 0 Å². The highest BCUT2D eigenvalue weighted by atomic mass is 79.9. The molecule has 1 aromatic heterocycles. The Bertz CT molecular complexity index is 1120. The Kier molecular flexibility index (Phi) is 6.01. The summed E-state index contributed by atoms with van der Waals surface area (Å²) in [5.41, 5.74) is 2.23. The largest absolute Gasteiger partial charge is 0.486 e. The molecule has 7 heteroatoms. The van der Waals surface area contributed by atoms with Gasteiger partial charge in [-0.1, -0.05) is 41.1 Å². The first kappa shape index (κ1) is 20.4. The van der Waals surface area contributed by atoms with E-state index in [-0.39, 0.29) is 5.91 Å². The minimum Gasteiger partial charge on any atom is -0.486 e. The summed E-state index contributed by atoms with van der Waals surface area (Å²) in [5.74, 6) is 1.75. The Balaban J connectivity index is 1.48. The van der Waals surface area contributed by atoms with Gasteiger partial charge in [-0.3, -0.25) is 9.69 Å². The van der Waals surface area contributed by atoms with Gasteiger partial charge in [0, 0.05) is 10.5 Å². The second-order valence-corrected chi connectivity index (χ2v) is 7.96. The Morgan fingerprint density at radius 2 is 1.90 bits per heavy atom. The number of furan rings is 1. The first-order valence-electron chi connectivity index (χ1n) is 9.47. The third-order valence-corrected chi connectivity index (χ3v) is 5.47. The lowest BCUT2D eigenvalue weighted by Crippen LogP contribution is -2.31. The van der Waals surface area contributed by atoms with Crippen LogP contribution in [-0.4, -0.2) is 11.0 Å². The Labute approximate surface area is 188 Å². The van der Waals surface area contributed by atoms with Crippen LogP contribution in [0.3, 0.4) is 0 Å². The second kappa shape index (κ2) is 8.85. The highest BCUT2D eigenvalue weighted by Gasteiger charge is 2.33. The van der Waals surface area contributed by atoms with Gasteiger partial charge >= 0.3 is 0 Å². The Morgan fingerprint density at radius 3 is 2.67 bits per heavy atom. The van der Waals surface area contributed by atoms with Crippen LogP contribution in [-0.2, 0) is 17.8 Å². The van der Waals surface area contributed by atoms with Crippen molar-refractivity contribution in [2.45, 2.75) is 20.0 Å². The topological polar surface area (TPSA) is 54.7 Å². The SMILES string of the molecule is CCc1ccccc1N1C(=O)/C(=C\c2ccc(COc3ccc(Br)cc3)o2)NC1=S. The molecule has 0 spiro atoms. The molecule has 1 aliphatic heterocycles. The van der Waals surface area contributed by atoms with E-state index >= 15 is 0 Å². The summed E-state index contributed by atoms with van der Waals surface area (Å²) in [6.07, 6.45) is 2.47. The molecule has 4 rings (SSSR count). The van der Waals surface area contributed by atoms with Crippen molar-refractivity contribution in [2.24, 2.45) is 0 Å². The van der Waals surface area contributed by atoms with Crippen LogP contribution in [0.5, 0.6) is 5.75 Å². The fraction of sp³-hybridized carbons (Fsp3) is 0.130. The van der Waals surface area contributed by atoms with Crippen LogP contribution in [0.1, 0.15) is 24.0 Å². The van der Waals surface area contributed by atoms with E-state index in [0.717, 1.165) is 27.9 Å². The fourth-order valence-corrected chi connectivity index (χ4v) is 3.71. The van der Waals surface area contributed by atoms with Gasteiger partial charge in [-0.15, -0.1) is 0 Å². The van der Waals surface area contributed by atoms with E-state index in [1.807, 2.05) is 61.5 Å². The zero-order chi connectivity index (χ0) is 21.1. The molecule has 0 saturated carbocycles. The summed E-state index contributed by atoms with van der Waals surface area (Å²) >= 11 is 8.81. The lowest BCUT2D eigenvalue weighted by Gasteiger charge is -2.17. The number of amides is 1. The van der Waals surface area contributed by atoms with E-state index in [1.54, 1.807) is 12.1 Å². The smallest absolute Gasteiger partial charge is 0.281 e. The van der Waals surface area contributed by atoms with Crippen molar-refractivity contribution in [3.63, 3.8) is 0 Å². The lowest BCUT2D eigenvalue weighted by molar-refractivity contribution is -0.113. The zero-order valence-corrected chi connectivity index (χ0v) is 18.6. The number of rotatable bonds is 6. The summed E-state index contributed by atoms with van der Waals surface area (Å²) in [6.45, 7) is 2.34. The molecule has 0 aliphatic carbocycles. The molecule has 0 radical (unpaired) electrons. The number of hydrogen-bond acceptors (Lipinski definition) is 4. The molecule has 0 unspecified atom stereocenters. The number of aryl methyl sites for hydroxylation is 1. The van der Waals surface area contributed by atoms with Crippen molar-refractivity contribution in [1.82, 2.24) is 5.32 Å². The fourth-order valence-electron chi connectivity index (χ4n) is 3.16. The van der Waals surface area contributed by atoms with Crippen LogP contribution in [0.25, 0.3) is 6.08 Å². The molecule has 2 aromatic carbocycles. The van der Waals surface area contributed by atoms with Crippen LogP contribution in [0, 0.1) is 0 Å². The van der Waals surface area contributed by atoms with E-state index in [9.17, 15) is 4.79 Å². The van der Waals surface area contributed by atoms with Crippen molar-refractivity contribution < 1.29 is 13.9 Å². The minimum atomic E-state index is -0.204. The number of benzene rings is 2. The maximum absolute atomic E-state index is 13.0. The zero-order valence-electron chi connectivity index (χ0n) is 16.2. The maximum Gasteiger partial charge on any atom is 0.281 e. The molecule has 1 fully saturated rings. The molecule has 5 nitrogen and oxygen atoms in total. The standard InChI is InChI=1S/C23H19BrN2O3S/c1-2-15-5-3-4-6-21(15)26-22(27)20(25-23(26)30)13-18-11-12-19(29-18)14-28-17-9-7-16(24)8-10-17/h3-13H,2,14H2,1H3,(H,25,30)/b20-13+. The van der Waals surface area contributed by atoms with Gasteiger partial charge in [0.1, 0.15) is 29.6 Å². The first-order valence-corrected chi connectivity index (χ1v) is 10.7. The Morgan fingerprint density at radius 1 is 1.13 bits per heavy atom. The van der Waals surface area contributed by atoms with E-state index in [0.29, 0.717) is 28.9 Å².